The number of nitriles is 1. The molecular formula is C15H19N3. The first kappa shape index (κ1) is 11.4. The quantitative estimate of drug-likeness (QED) is 0.806. The summed E-state index contributed by atoms with van der Waals surface area (Å²) in [4.78, 5) is 2.53. The molecule has 0 heterocycles. The SMILES string of the molecule is N#CCc1cc(N(CC2CC2)C2CC2)ccc1N. The Morgan fingerprint density at radius 2 is 2.06 bits per heavy atom. The zero-order valence-electron chi connectivity index (χ0n) is 10.6. The number of benzene rings is 1. The van der Waals surface area contributed by atoms with Crippen LogP contribution in [0.4, 0.5) is 11.4 Å². The van der Waals surface area contributed by atoms with E-state index in [9.17, 15) is 0 Å². The molecule has 0 saturated heterocycles. The molecule has 2 saturated carbocycles. The van der Waals surface area contributed by atoms with Gasteiger partial charge < -0.3 is 10.6 Å². The number of hydrogen-bond acceptors (Lipinski definition) is 3. The van der Waals surface area contributed by atoms with E-state index in [4.69, 9.17) is 11.0 Å². The Morgan fingerprint density at radius 1 is 1.28 bits per heavy atom. The second-order valence-electron chi connectivity index (χ2n) is 5.54. The van der Waals surface area contributed by atoms with Crippen molar-refractivity contribution >= 4 is 11.4 Å². The van der Waals surface area contributed by atoms with Crippen LogP contribution in [0.5, 0.6) is 0 Å². The Hall–Kier alpha value is -1.69. The largest absolute Gasteiger partial charge is 0.398 e. The van der Waals surface area contributed by atoms with Crippen LogP contribution in [0, 0.1) is 17.2 Å². The zero-order chi connectivity index (χ0) is 12.5. The summed E-state index contributed by atoms with van der Waals surface area (Å²) >= 11 is 0. The van der Waals surface area contributed by atoms with Crippen molar-refractivity contribution in [2.45, 2.75) is 38.1 Å². The molecule has 2 aliphatic rings. The first-order chi connectivity index (χ1) is 8.78. The van der Waals surface area contributed by atoms with Crippen molar-refractivity contribution in [2.24, 2.45) is 5.92 Å². The van der Waals surface area contributed by atoms with Crippen LogP contribution < -0.4 is 10.6 Å². The molecule has 1 aromatic rings. The molecule has 3 heteroatoms. The summed E-state index contributed by atoms with van der Waals surface area (Å²) < 4.78 is 0. The van der Waals surface area contributed by atoms with Gasteiger partial charge in [0, 0.05) is 24.0 Å². The van der Waals surface area contributed by atoms with Gasteiger partial charge in [0.25, 0.3) is 0 Å². The van der Waals surface area contributed by atoms with Crippen LogP contribution in [0.15, 0.2) is 18.2 Å². The number of nitrogens with zero attached hydrogens (tertiary/aromatic N) is 2. The summed E-state index contributed by atoms with van der Waals surface area (Å²) in [5, 5.41) is 8.83. The number of rotatable bonds is 5. The monoisotopic (exact) mass is 241 g/mol. The van der Waals surface area contributed by atoms with Crippen molar-refractivity contribution < 1.29 is 0 Å². The molecule has 0 unspecified atom stereocenters. The fraction of sp³-hybridized carbons (Fsp3) is 0.533. The molecule has 94 valence electrons. The Morgan fingerprint density at radius 3 is 2.67 bits per heavy atom. The summed E-state index contributed by atoms with van der Waals surface area (Å²) in [5.41, 5.74) is 8.87. The van der Waals surface area contributed by atoms with Crippen LogP contribution in [-0.4, -0.2) is 12.6 Å². The highest BCUT2D eigenvalue weighted by Gasteiger charge is 2.33. The van der Waals surface area contributed by atoms with E-state index in [1.807, 2.05) is 6.07 Å². The third-order valence-corrected chi connectivity index (χ3v) is 3.87. The summed E-state index contributed by atoms with van der Waals surface area (Å²) in [6.45, 7) is 1.18. The van der Waals surface area contributed by atoms with Gasteiger partial charge in [0.2, 0.25) is 0 Å². The van der Waals surface area contributed by atoms with Gasteiger partial charge in [-0.1, -0.05) is 0 Å². The molecule has 0 atom stereocenters. The Balaban J connectivity index is 1.83. The molecule has 2 N–H and O–H groups in total. The lowest BCUT2D eigenvalue weighted by Gasteiger charge is -2.25. The first-order valence-electron chi connectivity index (χ1n) is 6.80. The standard InChI is InChI=1S/C15H19N3/c16-8-7-12-9-14(5-6-15(12)17)18(13-3-4-13)10-11-1-2-11/h5-6,9,11,13H,1-4,7,10,17H2. The molecule has 0 radical (unpaired) electrons. The highest BCUT2D eigenvalue weighted by atomic mass is 15.2. The minimum atomic E-state index is 0.404. The first-order valence-corrected chi connectivity index (χ1v) is 6.80. The molecule has 0 aromatic heterocycles. The van der Waals surface area contributed by atoms with Crippen molar-refractivity contribution in [1.29, 1.82) is 5.26 Å². The van der Waals surface area contributed by atoms with Crippen LogP contribution >= 0.6 is 0 Å². The maximum atomic E-state index is 8.83. The number of hydrogen-bond donors (Lipinski definition) is 1. The van der Waals surface area contributed by atoms with Crippen LogP contribution in [-0.2, 0) is 6.42 Å². The molecule has 1 aromatic carbocycles. The summed E-state index contributed by atoms with van der Waals surface area (Å²) in [5.74, 6) is 0.891. The van der Waals surface area contributed by atoms with Gasteiger partial charge in [-0.15, -0.1) is 0 Å². The molecule has 0 spiro atoms. The molecule has 18 heavy (non-hydrogen) atoms. The van der Waals surface area contributed by atoms with Crippen molar-refractivity contribution in [3.63, 3.8) is 0 Å². The molecule has 2 fully saturated rings. The van der Waals surface area contributed by atoms with E-state index in [0.29, 0.717) is 6.42 Å². The summed E-state index contributed by atoms with van der Waals surface area (Å²) in [6.07, 6.45) is 5.78. The van der Waals surface area contributed by atoms with Gasteiger partial charge in [0.15, 0.2) is 0 Å². The number of nitrogen functional groups attached to an aromatic ring is 1. The van der Waals surface area contributed by atoms with Crippen LogP contribution in [0.2, 0.25) is 0 Å². The molecular weight excluding hydrogens is 222 g/mol. The number of nitrogens with two attached hydrogens (primary N) is 1. The van der Waals surface area contributed by atoms with Gasteiger partial charge >= 0.3 is 0 Å². The lowest BCUT2D eigenvalue weighted by atomic mass is 10.1. The third-order valence-electron chi connectivity index (χ3n) is 3.87. The predicted molar refractivity (Wildman–Crippen MR) is 73.3 cm³/mol. The summed E-state index contributed by atoms with van der Waals surface area (Å²) in [7, 11) is 0. The van der Waals surface area contributed by atoms with Gasteiger partial charge in [-0.2, -0.15) is 5.26 Å². The van der Waals surface area contributed by atoms with Gasteiger partial charge in [0.05, 0.1) is 12.5 Å². The Labute approximate surface area is 108 Å². The molecule has 3 nitrogen and oxygen atoms in total. The molecule has 0 bridgehead atoms. The predicted octanol–water partition coefficient (Wildman–Crippen LogP) is 2.71. The van der Waals surface area contributed by atoms with Gasteiger partial charge in [-0.3, -0.25) is 0 Å². The fourth-order valence-electron chi connectivity index (χ4n) is 2.44. The van der Waals surface area contributed by atoms with Crippen LogP contribution in [0.3, 0.4) is 0 Å². The molecule has 2 aliphatic carbocycles. The lowest BCUT2D eigenvalue weighted by molar-refractivity contribution is 0.718. The van der Waals surface area contributed by atoms with Gasteiger partial charge in [-0.25, -0.2) is 0 Å². The van der Waals surface area contributed by atoms with Crippen LogP contribution in [0.1, 0.15) is 31.2 Å². The van der Waals surface area contributed by atoms with E-state index in [1.54, 1.807) is 0 Å². The zero-order valence-corrected chi connectivity index (χ0v) is 10.6. The second-order valence-corrected chi connectivity index (χ2v) is 5.54. The van der Waals surface area contributed by atoms with Crippen molar-refractivity contribution in [2.75, 3.05) is 17.2 Å². The highest BCUT2D eigenvalue weighted by Crippen LogP contribution is 2.38. The maximum Gasteiger partial charge on any atom is 0.0670 e. The van der Waals surface area contributed by atoms with Gasteiger partial charge in [0.1, 0.15) is 0 Å². The summed E-state index contributed by atoms with van der Waals surface area (Å²) in [6, 6.07) is 9.08. The normalized spacial score (nSPS) is 18.4. The van der Waals surface area contributed by atoms with E-state index in [1.165, 1.54) is 37.9 Å². The maximum absolute atomic E-state index is 8.83. The smallest absolute Gasteiger partial charge is 0.0670 e. The minimum Gasteiger partial charge on any atom is -0.398 e. The molecule has 0 amide bonds. The van der Waals surface area contributed by atoms with Crippen molar-refractivity contribution in [3.8, 4) is 6.07 Å². The highest BCUT2D eigenvalue weighted by molar-refractivity contribution is 5.60. The number of anilines is 2. The van der Waals surface area contributed by atoms with E-state index in [-0.39, 0.29) is 0 Å². The Kier molecular flexibility index (Phi) is 2.87. The average Bonchev–Trinajstić information content (AvgIpc) is 3.24. The molecule has 3 rings (SSSR count). The van der Waals surface area contributed by atoms with E-state index in [2.05, 4.69) is 23.1 Å². The topological polar surface area (TPSA) is 53.0 Å². The fourth-order valence-corrected chi connectivity index (χ4v) is 2.44. The molecule has 0 aliphatic heterocycles. The van der Waals surface area contributed by atoms with E-state index in [0.717, 1.165) is 23.2 Å². The van der Waals surface area contributed by atoms with Gasteiger partial charge in [-0.05, 0) is 55.4 Å². The lowest BCUT2D eigenvalue weighted by Crippen LogP contribution is -2.28. The van der Waals surface area contributed by atoms with Crippen molar-refractivity contribution in [3.05, 3.63) is 23.8 Å². The van der Waals surface area contributed by atoms with Crippen LogP contribution in [0.25, 0.3) is 0 Å². The van der Waals surface area contributed by atoms with Crippen molar-refractivity contribution in [1.82, 2.24) is 0 Å². The third kappa shape index (κ3) is 2.43. The van der Waals surface area contributed by atoms with E-state index < -0.39 is 0 Å². The minimum absolute atomic E-state index is 0.404. The second kappa shape index (κ2) is 4.53. The van der Waals surface area contributed by atoms with E-state index >= 15 is 0 Å². The average molecular weight is 241 g/mol. The Bertz CT molecular complexity index is 481.